The summed E-state index contributed by atoms with van der Waals surface area (Å²) in [6.07, 6.45) is 1.70. The Hall–Kier alpha value is -2.15. The van der Waals surface area contributed by atoms with E-state index in [0.717, 1.165) is 0 Å². The van der Waals surface area contributed by atoms with Crippen LogP contribution in [0.25, 0.3) is 0 Å². The van der Waals surface area contributed by atoms with Crippen molar-refractivity contribution in [1.82, 2.24) is 4.98 Å². The summed E-state index contributed by atoms with van der Waals surface area (Å²) >= 11 is 6.02. The first kappa shape index (κ1) is 13.8. The fraction of sp³-hybridized carbons (Fsp3) is 0.143. The number of rotatable bonds is 2. The molecule has 21 heavy (non-hydrogen) atoms. The van der Waals surface area contributed by atoms with Crippen molar-refractivity contribution in [2.75, 3.05) is 5.06 Å². The number of pyridine rings is 1. The summed E-state index contributed by atoms with van der Waals surface area (Å²) in [6, 6.07) is 7.94. The first-order valence-corrected chi connectivity index (χ1v) is 6.64. The van der Waals surface area contributed by atoms with Crippen molar-refractivity contribution >= 4 is 23.3 Å². The van der Waals surface area contributed by atoms with E-state index >= 15 is 0 Å². The number of anilines is 1. The second-order valence-electron chi connectivity index (χ2n) is 4.65. The zero-order chi connectivity index (χ0) is 15.0. The number of carbonyl (C=O) groups is 1. The molecule has 1 atom stereocenters. The van der Waals surface area contributed by atoms with E-state index < -0.39 is 11.9 Å². The van der Waals surface area contributed by atoms with E-state index in [4.69, 9.17) is 22.1 Å². The number of aromatic nitrogens is 1. The summed E-state index contributed by atoms with van der Waals surface area (Å²) in [7, 11) is 0. The number of hydroxylamine groups is 1. The van der Waals surface area contributed by atoms with Crippen LogP contribution in [0, 0.1) is 0 Å². The van der Waals surface area contributed by atoms with Crippen LogP contribution in [0.3, 0.4) is 0 Å². The molecule has 0 spiro atoms. The Labute approximate surface area is 125 Å². The van der Waals surface area contributed by atoms with E-state index in [1.807, 2.05) is 0 Å². The summed E-state index contributed by atoms with van der Waals surface area (Å²) in [5.41, 5.74) is 6.30. The molecule has 108 valence electrons. The second-order valence-corrected chi connectivity index (χ2v) is 5.05. The number of amides is 1. The van der Waals surface area contributed by atoms with Crippen LogP contribution < -0.4 is 15.5 Å². The molecule has 1 aromatic heterocycles. The standard InChI is InChI=1S/C14H12ClN3O3/c15-10-3-1-2-4-12(10)21-9-5-8-6-11(16)14(19)18(20)13(8)17-7-9/h1-5,7,11,20H,6,16H2/t11-/m0/s1. The number of para-hydroxylation sites is 1. The van der Waals surface area contributed by atoms with Crippen molar-refractivity contribution in [1.29, 1.82) is 0 Å². The van der Waals surface area contributed by atoms with Gasteiger partial charge in [-0.25, -0.2) is 4.98 Å². The van der Waals surface area contributed by atoms with Gasteiger partial charge in [0.1, 0.15) is 11.5 Å². The molecule has 2 aromatic rings. The Morgan fingerprint density at radius 1 is 1.43 bits per heavy atom. The molecule has 1 aliphatic heterocycles. The highest BCUT2D eigenvalue weighted by Gasteiger charge is 2.31. The van der Waals surface area contributed by atoms with Gasteiger partial charge in [-0.05, 0) is 18.2 Å². The third-order valence-corrected chi connectivity index (χ3v) is 3.46. The molecule has 6 nitrogen and oxygen atoms in total. The number of benzene rings is 1. The SMILES string of the molecule is N[C@H]1Cc2cc(Oc3ccccc3Cl)cnc2N(O)C1=O. The van der Waals surface area contributed by atoms with Crippen LogP contribution in [-0.2, 0) is 11.2 Å². The summed E-state index contributed by atoms with van der Waals surface area (Å²) in [5, 5.41) is 10.7. The molecule has 2 heterocycles. The minimum Gasteiger partial charge on any atom is -0.454 e. The molecule has 0 saturated heterocycles. The fourth-order valence-corrected chi connectivity index (χ4v) is 2.29. The number of fused-ring (bicyclic) bond motifs is 1. The Bertz CT molecular complexity index is 708. The molecule has 1 aromatic carbocycles. The molecule has 1 aliphatic rings. The third-order valence-electron chi connectivity index (χ3n) is 3.15. The number of carbonyl (C=O) groups excluding carboxylic acids is 1. The number of nitrogens with zero attached hydrogens (tertiary/aromatic N) is 2. The van der Waals surface area contributed by atoms with E-state index in [9.17, 15) is 10.0 Å². The minimum atomic E-state index is -0.792. The minimum absolute atomic E-state index is 0.174. The zero-order valence-electron chi connectivity index (χ0n) is 10.9. The molecule has 0 radical (unpaired) electrons. The highest BCUT2D eigenvalue weighted by Crippen LogP contribution is 2.32. The van der Waals surface area contributed by atoms with Gasteiger partial charge in [0.2, 0.25) is 0 Å². The fourth-order valence-electron chi connectivity index (χ4n) is 2.12. The van der Waals surface area contributed by atoms with Gasteiger partial charge in [0.25, 0.3) is 5.91 Å². The maximum absolute atomic E-state index is 11.6. The van der Waals surface area contributed by atoms with Gasteiger partial charge in [-0.2, -0.15) is 5.06 Å². The van der Waals surface area contributed by atoms with Crippen LogP contribution >= 0.6 is 11.6 Å². The van der Waals surface area contributed by atoms with Gasteiger partial charge < -0.3 is 10.5 Å². The van der Waals surface area contributed by atoms with Gasteiger partial charge >= 0.3 is 0 Å². The molecule has 0 fully saturated rings. The number of ether oxygens (including phenoxy) is 1. The lowest BCUT2D eigenvalue weighted by Crippen LogP contribution is -2.47. The van der Waals surface area contributed by atoms with Crippen LogP contribution in [-0.4, -0.2) is 22.1 Å². The predicted octanol–water partition coefficient (Wildman–Crippen LogP) is 2.13. The summed E-state index contributed by atoms with van der Waals surface area (Å²) in [5.74, 6) is 0.553. The van der Waals surface area contributed by atoms with E-state index in [1.54, 1.807) is 30.3 Å². The van der Waals surface area contributed by atoms with E-state index in [-0.39, 0.29) is 12.2 Å². The van der Waals surface area contributed by atoms with Gasteiger partial charge in [-0.1, -0.05) is 23.7 Å². The molecule has 1 amide bonds. The highest BCUT2D eigenvalue weighted by molar-refractivity contribution is 6.32. The van der Waals surface area contributed by atoms with Crippen LogP contribution in [0.1, 0.15) is 5.56 Å². The number of nitrogens with two attached hydrogens (primary N) is 1. The normalized spacial score (nSPS) is 17.6. The highest BCUT2D eigenvalue weighted by atomic mass is 35.5. The maximum atomic E-state index is 11.6. The van der Waals surface area contributed by atoms with Gasteiger partial charge in [0, 0.05) is 12.0 Å². The van der Waals surface area contributed by atoms with Crippen molar-refractivity contribution < 1.29 is 14.7 Å². The Balaban J connectivity index is 1.92. The molecular formula is C14H12ClN3O3. The molecule has 0 bridgehead atoms. The van der Waals surface area contributed by atoms with E-state index in [2.05, 4.69) is 4.98 Å². The van der Waals surface area contributed by atoms with E-state index in [0.29, 0.717) is 27.1 Å². The Kier molecular flexibility index (Phi) is 3.50. The van der Waals surface area contributed by atoms with Crippen LogP contribution in [0.4, 0.5) is 5.82 Å². The number of hydrogen-bond acceptors (Lipinski definition) is 5. The number of halogens is 1. The Morgan fingerprint density at radius 3 is 2.95 bits per heavy atom. The van der Waals surface area contributed by atoms with Crippen molar-refractivity contribution in [3.63, 3.8) is 0 Å². The van der Waals surface area contributed by atoms with Crippen molar-refractivity contribution in [3.8, 4) is 11.5 Å². The van der Waals surface area contributed by atoms with Crippen LogP contribution in [0.5, 0.6) is 11.5 Å². The summed E-state index contributed by atoms with van der Waals surface area (Å²) in [6.45, 7) is 0. The molecule has 0 aliphatic carbocycles. The van der Waals surface area contributed by atoms with Crippen molar-refractivity contribution in [3.05, 3.63) is 47.1 Å². The molecule has 3 rings (SSSR count). The molecule has 0 unspecified atom stereocenters. The molecule has 0 saturated carbocycles. The second kappa shape index (κ2) is 5.33. The first-order chi connectivity index (χ1) is 10.1. The summed E-state index contributed by atoms with van der Waals surface area (Å²) < 4.78 is 5.65. The lowest BCUT2D eigenvalue weighted by molar-refractivity contribution is -0.125. The average molecular weight is 306 g/mol. The molecular weight excluding hydrogens is 294 g/mol. The third kappa shape index (κ3) is 2.56. The van der Waals surface area contributed by atoms with Gasteiger partial charge in [0.15, 0.2) is 5.82 Å². The lowest BCUT2D eigenvalue weighted by atomic mass is 10.0. The van der Waals surface area contributed by atoms with Gasteiger partial charge in [0.05, 0.1) is 17.3 Å². The average Bonchev–Trinajstić information content (AvgIpc) is 2.47. The van der Waals surface area contributed by atoms with Gasteiger partial charge in [-0.3, -0.25) is 10.0 Å². The lowest BCUT2D eigenvalue weighted by Gasteiger charge is -2.26. The van der Waals surface area contributed by atoms with Gasteiger partial charge in [-0.15, -0.1) is 0 Å². The quantitative estimate of drug-likeness (QED) is 0.830. The summed E-state index contributed by atoms with van der Waals surface area (Å²) in [4.78, 5) is 15.6. The maximum Gasteiger partial charge on any atom is 0.269 e. The monoisotopic (exact) mass is 305 g/mol. The first-order valence-electron chi connectivity index (χ1n) is 6.26. The zero-order valence-corrected chi connectivity index (χ0v) is 11.6. The van der Waals surface area contributed by atoms with Crippen LogP contribution in [0.15, 0.2) is 36.5 Å². The van der Waals surface area contributed by atoms with Crippen molar-refractivity contribution in [2.45, 2.75) is 12.5 Å². The van der Waals surface area contributed by atoms with E-state index in [1.165, 1.54) is 6.20 Å². The van der Waals surface area contributed by atoms with Crippen LogP contribution in [0.2, 0.25) is 5.02 Å². The Morgan fingerprint density at radius 2 is 2.19 bits per heavy atom. The molecule has 7 heteroatoms. The topological polar surface area (TPSA) is 88.7 Å². The smallest absolute Gasteiger partial charge is 0.269 e. The van der Waals surface area contributed by atoms with Crippen molar-refractivity contribution in [2.24, 2.45) is 5.73 Å². The predicted molar refractivity (Wildman–Crippen MR) is 76.7 cm³/mol. The molecule has 3 N–H and O–H groups in total. The number of hydrogen-bond donors (Lipinski definition) is 2. The largest absolute Gasteiger partial charge is 0.454 e.